The molecule has 144 valence electrons. The first kappa shape index (κ1) is 19.3. The highest BCUT2D eigenvalue weighted by Crippen LogP contribution is 2.34. The fourth-order valence-electron chi connectivity index (χ4n) is 2.40. The van der Waals surface area contributed by atoms with Crippen molar-refractivity contribution in [1.82, 2.24) is 4.98 Å². The normalized spacial score (nSPS) is 11.2. The first-order valence-electron chi connectivity index (χ1n) is 7.90. The molecule has 9 heteroatoms. The van der Waals surface area contributed by atoms with E-state index in [1.54, 1.807) is 0 Å². The van der Waals surface area contributed by atoms with Gasteiger partial charge in [0, 0.05) is 18.0 Å². The summed E-state index contributed by atoms with van der Waals surface area (Å²) in [6.07, 6.45) is -3.41. The molecule has 2 aromatic carbocycles. The van der Waals surface area contributed by atoms with Gasteiger partial charge < -0.3 is 10.6 Å². The molecule has 1 heterocycles. The van der Waals surface area contributed by atoms with E-state index in [1.165, 1.54) is 36.5 Å². The van der Waals surface area contributed by atoms with Crippen LogP contribution in [0.3, 0.4) is 0 Å². The Kier molecular flexibility index (Phi) is 5.25. The molecule has 2 N–H and O–H groups in total. The topological polar surface area (TPSA) is 54.0 Å². The number of pyridine rings is 1. The molecule has 0 fully saturated rings. The van der Waals surface area contributed by atoms with Crippen molar-refractivity contribution in [2.75, 3.05) is 10.6 Å². The Balaban J connectivity index is 1.82. The van der Waals surface area contributed by atoms with Gasteiger partial charge in [-0.1, -0.05) is 12.1 Å². The summed E-state index contributed by atoms with van der Waals surface area (Å²) in [7, 11) is 0. The van der Waals surface area contributed by atoms with Crippen LogP contribution < -0.4 is 10.6 Å². The van der Waals surface area contributed by atoms with Gasteiger partial charge in [-0.2, -0.15) is 13.2 Å². The van der Waals surface area contributed by atoms with Gasteiger partial charge in [-0.05, 0) is 36.4 Å². The molecular weight excluding hydrogens is 381 g/mol. The SMILES string of the molecule is O=C(Nc1ccccc1C(F)(F)F)c1cc(Nc2ccc(F)cc2F)ccn1. The molecule has 1 aromatic heterocycles. The fourth-order valence-corrected chi connectivity index (χ4v) is 2.40. The zero-order chi connectivity index (χ0) is 20.3. The van der Waals surface area contributed by atoms with E-state index in [0.29, 0.717) is 6.07 Å². The number of aromatic nitrogens is 1. The van der Waals surface area contributed by atoms with Crippen LogP contribution in [0.1, 0.15) is 16.1 Å². The van der Waals surface area contributed by atoms with E-state index >= 15 is 0 Å². The van der Waals surface area contributed by atoms with Crippen molar-refractivity contribution >= 4 is 23.0 Å². The number of rotatable bonds is 4. The number of carbonyl (C=O) groups is 1. The predicted molar refractivity (Wildman–Crippen MR) is 93.3 cm³/mol. The van der Waals surface area contributed by atoms with Crippen molar-refractivity contribution < 1.29 is 26.7 Å². The fraction of sp³-hybridized carbons (Fsp3) is 0.0526. The van der Waals surface area contributed by atoms with Crippen LogP contribution in [0.15, 0.2) is 60.8 Å². The maximum absolute atomic E-state index is 13.7. The third-order valence-electron chi connectivity index (χ3n) is 3.68. The van der Waals surface area contributed by atoms with Crippen LogP contribution in [0.2, 0.25) is 0 Å². The highest BCUT2D eigenvalue weighted by Gasteiger charge is 2.33. The summed E-state index contributed by atoms with van der Waals surface area (Å²) in [5.74, 6) is -2.47. The highest BCUT2D eigenvalue weighted by molar-refractivity contribution is 6.03. The van der Waals surface area contributed by atoms with Gasteiger partial charge in [0.1, 0.15) is 17.3 Å². The summed E-state index contributed by atoms with van der Waals surface area (Å²) < 4.78 is 65.8. The van der Waals surface area contributed by atoms with Crippen LogP contribution in [0.25, 0.3) is 0 Å². The number of anilines is 3. The van der Waals surface area contributed by atoms with E-state index in [-0.39, 0.29) is 17.1 Å². The van der Waals surface area contributed by atoms with Gasteiger partial charge in [-0.3, -0.25) is 9.78 Å². The highest BCUT2D eigenvalue weighted by atomic mass is 19.4. The molecule has 1 amide bonds. The lowest BCUT2D eigenvalue weighted by Crippen LogP contribution is -2.17. The summed E-state index contributed by atoms with van der Waals surface area (Å²) in [5.41, 5.74) is -1.39. The van der Waals surface area contributed by atoms with Crippen molar-refractivity contribution in [2.24, 2.45) is 0 Å². The number of amides is 1. The Morgan fingerprint density at radius 2 is 1.68 bits per heavy atom. The smallest absolute Gasteiger partial charge is 0.353 e. The molecule has 0 aliphatic heterocycles. The number of hydrogen-bond donors (Lipinski definition) is 2. The first-order chi connectivity index (χ1) is 13.2. The average molecular weight is 393 g/mol. The largest absolute Gasteiger partial charge is 0.418 e. The van der Waals surface area contributed by atoms with Crippen LogP contribution in [-0.4, -0.2) is 10.9 Å². The first-order valence-corrected chi connectivity index (χ1v) is 7.90. The van der Waals surface area contributed by atoms with E-state index in [1.807, 2.05) is 0 Å². The number of nitrogens with one attached hydrogen (secondary N) is 2. The summed E-state index contributed by atoms with van der Waals surface area (Å²) in [4.78, 5) is 16.1. The number of halogens is 5. The number of benzene rings is 2. The van der Waals surface area contributed by atoms with E-state index in [9.17, 15) is 26.7 Å². The lowest BCUT2D eigenvalue weighted by molar-refractivity contribution is -0.136. The van der Waals surface area contributed by atoms with Crippen LogP contribution in [0.5, 0.6) is 0 Å². The maximum atomic E-state index is 13.7. The molecule has 0 radical (unpaired) electrons. The maximum Gasteiger partial charge on any atom is 0.418 e. The third-order valence-corrected chi connectivity index (χ3v) is 3.68. The molecule has 4 nitrogen and oxygen atoms in total. The molecular formula is C19H12F5N3O. The molecule has 0 atom stereocenters. The molecule has 0 aliphatic rings. The van der Waals surface area contributed by atoms with Crippen LogP contribution >= 0.6 is 0 Å². The zero-order valence-corrected chi connectivity index (χ0v) is 14.0. The Labute approximate surface area is 156 Å². The molecule has 0 spiro atoms. The number of hydrogen-bond acceptors (Lipinski definition) is 3. The molecule has 3 rings (SSSR count). The second-order valence-corrected chi connectivity index (χ2v) is 5.68. The lowest BCUT2D eigenvalue weighted by Gasteiger charge is -2.13. The van der Waals surface area contributed by atoms with Gasteiger partial charge in [0.2, 0.25) is 0 Å². The number of para-hydroxylation sites is 1. The van der Waals surface area contributed by atoms with Gasteiger partial charge in [0.25, 0.3) is 5.91 Å². The molecule has 3 aromatic rings. The molecule has 0 saturated carbocycles. The molecule has 0 unspecified atom stereocenters. The number of carbonyl (C=O) groups excluding carboxylic acids is 1. The van der Waals surface area contributed by atoms with Gasteiger partial charge in [0.15, 0.2) is 0 Å². The Hall–Kier alpha value is -3.49. The van der Waals surface area contributed by atoms with Gasteiger partial charge in [0.05, 0.1) is 16.9 Å². The van der Waals surface area contributed by atoms with Gasteiger partial charge in [-0.25, -0.2) is 8.78 Å². The molecule has 0 aliphatic carbocycles. The van der Waals surface area contributed by atoms with Gasteiger partial charge >= 0.3 is 6.18 Å². The Morgan fingerprint density at radius 3 is 2.39 bits per heavy atom. The van der Waals surface area contributed by atoms with Crippen molar-refractivity contribution in [1.29, 1.82) is 0 Å². The molecule has 0 saturated heterocycles. The minimum atomic E-state index is -4.64. The zero-order valence-electron chi connectivity index (χ0n) is 14.0. The summed E-state index contributed by atoms with van der Waals surface area (Å²) >= 11 is 0. The lowest BCUT2D eigenvalue weighted by atomic mass is 10.1. The van der Waals surface area contributed by atoms with E-state index in [2.05, 4.69) is 15.6 Å². The summed E-state index contributed by atoms with van der Waals surface area (Å²) in [6.45, 7) is 0. The average Bonchev–Trinajstić information content (AvgIpc) is 2.64. The summed E-state index contributed by atoms with van der Waals surface area (Å²) in [6, 6.07) is 10.1. The summed E-state index contributed by atoms with van der Waals surface area (Å²) in [5, 5.41) is 4.82. The van der Waals surface area contributed by atoms with Crippen LogP contribution in [0, 0.1) is 11.6 Å². The van der Waals surface area contributed by atoms with Crippen molar-refractivity contribution in [3.8, 4) is 0 Å². The number of alkyl halides is 3. The second kappa shape index (κ2) is 7.63. The van der Waals surface area contributed by atoms with Crippen molar-refractivity contribution in [3.05, 3.63) is 83.7 Å². The monoisotopic (exact) mass is 393 g/mol. The number of nitrogens with zero attached hydrogens (tertiary/aromatic N) is 1. The minimum Gasteiger partial charge on any atom is -0.353 e. The van der Waals surface area contributed by atoms with Crippen molar-refractivity contribution in [2.45, 2.75) is 6.18 Å². The second-order valence-electron chi connectivity index (χ2n) is 5.68. The standard InChI is InChI=1S/C19H12F5N3O/c20-11-5-6-16(14(21)9-11)26-12-7-8-25-17(10-12)18(28)27-15-4-2-1-3-13(15)19(22,23)24/h1-10H,(H,25,26)(H,27,28). The third kappa shape index (κ3) is 4.43. The predicted octanol–water partition coefficient (Wildman–Crippen LogP) is 5.37. The molecule has 28 heavy (non-hydrogen) atoms. The van der Waals surface area contributed by atoms with E-state index < -0.39 is 35.0 Å². The molecule has 0 bridgehead atoms. The van der Waals surface area contributed by atoms with Crippen molar-refractivity contribution in [3.63, 3.8) is 0 Å². The minimum absolute atomic E-state index is 0.0404. The van der Waals surface area contributed by atoms with Gasteiger partial charge in [-0.15, -0.1) is 0 Å². The Bertz CT molecular complexity index is 1020. The van der Waals surface area contributed by atoms with E-state index in [0.717, 1.165) is 18.2 Å². The Morgan fingerprint density at radius 1 is 0.929 bits per heavy atom. The van der Waals surface area contributed by atoms with Crippen LogP contribution in [0.4, 0.5) is 39.0 Å². The quantitative estimate of drug-likeness (QED) is 0.586. The van der Waals surface area contributed by atoms with Crippen LogP contribution in [-0.2, 0) is 6.18 Å². The van der Waals surface area contributed by atoms with E-state index in [4.69, 9.17) is 0 Å².